The molecule has 7 N–H and O–H groups in total. The second kappa shape index (κ2) is 12.1. The number of aliphatic hydroxyl groups excluding tert-OH is 1. The molecule has 5 aliphatic rings. The number of aliphatic hydroxyl groups is 1. The van der Waals surface area contributed by atoms with Crippen LogP contribution >= 0.6 is 0 Å². The molecule has 5 fully saturated rings. The van der Waals surface area contributed by atoms with Crippen LogP contribution in [0.1, 0.15) is 51.4 Å². The Bertz CT molecular complexity index is 688. The summed E-state index contributed by atoms with van der Waals surface area (Å²) in [5.74, 6) is 1.57. The number of hydrogen-bond acceptors (Lipinski definition) is 9. The van der Waals surface area contributed by atoms with Crippen LogP contribution in [0.25, 0.3) is 0 Å². The zero-order valence-corrected chi connectivity index (χ0v) is 21.5. The molecule has 0 aromatic heterocycles. The SMILES string of the molecule is CN1CCN[C@H]1C(NC(=O)C1CCCC(NCC2NNC(C3CCNCC3)N2CCO)C1)C1CC1. The van der Waals surface area contributed by atoms with E-state index < -0.39 is 0 Å². The molecule has 3 saturated heterocycles. The van der Waals surface area contributed by atoms with Crippen molar-refractivity contribution in [3.05, 3.63) is 0 Å². The van der Waals surface area contributed by atoms with E-state index in [1.54, 1.807) is 0 Å². The Labute approximate surface area is 210 Å². The van der Waals surface area contributed by atoms with E-state index >= 15 is 0 Å². The Hall–Kier alpha value is -0.850. The summed E-state index contributed by atoms with van der Waals surface area (Å²) in [5.41, 5.74) is 7.00. The summed E-state index contributed by atoms with van der Waals surface area (Å²) in [4.78, 5) is 18.1. The van der Waals surface area contributed by atoms with Crippen molar-refractivity contribution in [3.63, 3.8) is 0 Å². The second-order valence-electron chi connectivity index (χ2n) is 11.5. The summed E-state index contributed by atoms with van der Waals surface area (Å²) in [7, 11) is 2.16. The van der Waals surface area contributed by atoms with E-state index in [2.05, 4.69) is 49.0 Å². The van der Waals surface area contributed by atoms with Crippen molar-refractivity contribution in [2.45, 2.75) is 81.9 Å². The quantitative estimate of drug-likeness (QED) is 0.205. The number of likely N-dealkylation sites (N-methyl/N-ethyl adjacent to an activating group) is 1. The maximum atomic E-state index is 13.3. The minimum Gasteiger partial charge on any atom is -0.395 e. The fourth-order valence-corrected chi connectivity index (χ4v) is 6.84. The van der Waals surface area contributed by atoms with E-state index in [-0.39, 0.29) is 43.0 Å². The van der Waals surface area contributed by atoms with Gasteiger partial charge in [0.1, 0.15) is 0 Å². The van der Waals surface area contributed by atoms with Gasteiger partial charge in [0.2, 0.25) is 5.91 Å². The van der Waals surface area contributed by atoms with Gasteiger partial charge in [-0.1, -0.05) is 6.42 Å². The third kappa shape index (κ3) is 6.35. The molecular weight excluding hydrogens is 444 g/mol. The number of hydrazine groups is 1. The van der Waals surface area contributed by atoms with Gasteiger partial charge in [0.05, 0.1) is 31.1 Å². The number of β-amino-alcohol motifs (C(OH)–C–C–N with tert-alkyl or cyclic N) is 1. The van der Waals surface area contributed by atoms with Crippen LogP contribution < -0.4 is 32.1 Å². The Morgan fingerprint density at radius 1 is 1.09 bits per heavy atom. The first-order valence-corrected chi connectivity index (χ1v) is 14.2. The summed E-state index contributed by atoms with van der Waals surface area (Å²) >= 11 is 0. The zero-order chi connectivity index (χ0) is 24.2. The largest absolute Gasteiger partial charge is 0.395 e. The number of piperidine rings is 1. The fourth-order valence-electron chi connectivity index (χ4n) is 6.84. The Balaban J connectivity index is 1.11. The van der Waals surface area contributed by atoms with E-state index in [9.17, 15) is 9.90 Å². The molecule has 0 aromatic rings. The molecule has 6 atom stereocenters. The fraction of sp³-hybridized carbons (Fsp3) is 0.960. The lowest BCUT2D eigenvalue weighted by Gasteiger charge is -2.36. The number of carbonyl (C=O) groups excluding carboxylic acids is 1. The molecule has 0 spiro atoms. The molecule has 3 aliphatic heterocycles. The molecule has 35 heavy (non-hydrogen) atoms. The van der Waals surface area contributed by atoms with Gasteiger partial charge in [-0.25, -0.2) is 10.9 Å². The molecule has 2 aliphatic carbocycles. The average Bonchev–Trinajstić information content (AvgIpc) is 3.52. The minimum atomic E-state index is 0.0971. The van der Waals surface area contributed by atoms with E-state index in [1.807, 2.05) is 0 Å². The number of rotatable bonds is 10. The van der Waals surface area contributed by atoms with Crippen molar-refractivity contribution in [1.82, 2.24) is 41.9 Å². The molecular formula is C25H48N8O2. The Morgan fingerprint density at radius 3 is 2.63 bits per heavy atom. The number of nitrogens with zero attached hydrogens (tertiary/aromatic N) is 2. The van der Waals surface area contributed by atoms with Crippen LogP contribution in [0, 0.1) is 17.8 Å². The van der Waals surface area contributed by atoms with Crippen LogP contribution in [0.5, 0.6) is 0 Å². The second-order valence-corrected chi connectivity index (χ2v) is 11.5. The summed E-state index contributed by atoms with van der Waals surface area (Å²) in [5, 5.41) is 24.0. The van der Waals surface area contributed by atoms with Gasteiger partial charge < -0.3 is 21.1 Å². The smallest absolute Gasteiger partial charge is 0.223 e. The molecule has 5 rings (SSSR count). The molecule has 0 bridgehead atoms. The predicted molar refractivity (Wildman–Crippen MR) is 136 cm³/mol. The number of nitrogens with one attached hydrogen (secondary N) is 6. The van der Waals surface area contributed by atoms with Crippen LogP contribution in [0.4, 0.5) is 0 Å². The van der Waals surface area contributed by atoms with Crippen molar-refractivity contribution in [2.75, 3.05) is 52.9 Å². The third-order valence-electron chi connectivity index (χ3n) is 9.06. The maximum Gasteiger partial charge on any atom is 0.223 e. The Morgan fingerprint density at radius 2 is 1.91 bits per heavy atom. The van der Waals surface area contributed by atoms with Gasteiger partial charge in [-0.3, -0.25) is 19.9 Å². The molecule has 3 heterocycles. The lowest BCUT2D eigenvalue weighted by molar-refractivity contribution is -0.127. The van der Waals surface area contributed by atoms with Crippen LogP contribution in [-0.2, 0) is 4.79 Å². The van der Waals surface area contributed by atoms with Gasteiger partial charge in [-0.15, -0.1) is 0 Å². The highest BCUT2D eigenvalue weighted by atomic mass is 16.3. The number of hydrogen-bond donors (Lipinski definition) is 7. The Kier molecular flexibility index (Phi) is 8.94. The highest BCUT2D eigenvalue weighted by Gasteiger charge is 2.42. The summed E-state index contributed by atoms with van der Waals surface area (Å²) in [6.07, 6.45) is 9.61. The lowest BCUT2D eigenvalue weighted by Crippen LogP contribution is -2.56. The molecule has 1 amide bonds. The first kappa shape index (κ1) is 25.8. The highest BCUT2D eigenvalue weighted by molar-refractivity contribution is 5.79. The molecule has 10 nitrogen and oxygen atoms in total. The van der Waals surface area contributed by atoms with Crippen LogP contribution in [0.3, 0.4) is 0 Å². The lowest BCUT2D eigenvalue weighted by atomic mass is 9.84. The van der Waals surface area contributed by atoms with E-state index in [1.165, 1.54) is 12.8 Å². The van der Waals surface area contributed by atoms with Crippen LogP contribution in [0.15, 0.2) is 0 Å². The van der Waals surface area contributed by atoms with Gasteiger partial charge >= 0.3 is 0 Å². The van der Waals surface area contributed by atoms with Crippen molar-refractivity contribution < 1.29 is 9.90 Å². The first-order chi connectivity index (χ1) is 17.1. The molecule has 0 aromatic carbocycles. The van der Waals surface area contributed by atoms with Crippen LogP contribution in [0.2, 0.25) is 0 Å². The summed E-state index contributed by atoms with van der Waals surface area (Å²) in [6.45, 7) is 5.84. The van der Waals surface area contributed by atoms with Gasteiger partial charge in [0, 0.05) is 38.1 Å². The number of carbonyl (C=O) groups is 1. The summed E-state index contributed by atoms with van der Waals surface area (Å²) in [6, 6.07) is 0.595. The van der Waals surface area contributed by atoms with Crippen molar-refractivity contribution in [1.29, 1.82) is 0 Å². The third-order valence-corrected chi connectivity index (χ3v) is 9.06. The zero-order valence-electron chi connectivity index (χ0n) is 21.5. The standard InChI is InChI=1S/C25H48N8O2/c1-32-12-11-27-24(32)22(17-5-6-17)29-25(35)19-3-2-4-20(15-19)28-16-21-30-31-23(33(21)13-14-34)18-7-9-26-10-8-18/h17-24,26-28,30-31,34H,2-16H2,1H3,(H,29,35)/t19?,20?,21?,22?,23?,24-/m1/s1. The van der Waals surface area contributed by atoms with Crippen molar-refractivity contribution in [2.24, 2.45) is 17.8 Å². The topological polar surface area (TPSA) is 116 Å². The molecule has 5 unspecified atom stereocenters. The summed E-state index contributed by atoms with van der Waals surface area (Å²) < 4.78 is 0. The number of amides is 1. The normalized spacial score (nSPS) is 36.5. The highest BCUT2D eigenvalue weighted by Crippen LogP contribution is 2.36. The van der Waals surface area contributed by atoms with Gasteiger partial charge in [-0.2, -0.15) is 0 Å². The van der Waals surface area contributed by atoms with E-state index in [4.69, 9.17) is 0 Å². The molecule has 200 valence electrons. The molecule has 10 heteroatoms. The molecule has 2 saturated carbocycles. The van der Waals surface area contributed by atoms with E-state index in [0.717, 1.165) is 71.2 Å². The molecule has 0 radical (unpaired) electrons. The average molecular weight is 493 g/mol. The van der Waals surface area contributed by atoms with E-state index in [0.29, 0.717) is 24.4 Å². The van der Waals surface area contributed by atoms with Crippen molar-refractivity contribution in [3.8, 4) is 0 Å². The predicted octanol–water partition coefficient (Wildman–Crippen LogP) is -1.06. The monoisotopic (exact) mass is 492 g/mol. The van der Waals surface area contributed by atoms with Gasteiger partial charge in [-0.05, 0) is 76.9 Å². The van der Waals surface area contributed by atoms with Gasteiger partial charge in [0.15, 0.2) is 0 Å². The van der Waals surface area contributed by atoms with Crippen molar-refractivity contribution >= 4 is 5.91 Å². The first-order valence-electron chi connectivity index (χ1n) is 14.2. The van der Waals surface area contributed by atoms with Gasteiger partial charge in [0.25, 0.3) is 0 Å². The maximum absolute atomic E-state index is 13.3. The minimum absolute atomic E-state index is 0.0971. The van der Waals surface area contributed by atoms with Crippen LogP contribution in [-0.4, -0.2) is 104 Å².